The van der Waals surface area contributed by atoms with Gasteiger partial charge < -0.3 is 0 Å². The highest BCUT2D eigenvalue weighted by Gasteiger charge is 2.10. The fourth-order valence-corrected chi connectivity index (χ4v) is 3.14. The van der Waals surface area contributed by atoms with Gasteiger partial charge in [0.25, 0.3) is 0 Å². The summed E-state index contributed by atoms with van der Waals surface area (Å²) in [5.74, 6) is 0. The predicted octanol–water partition coefficient (Wildman–Crippen LogP) is 3.19. The molecule has 0 aromatic carbocycles. The van der Waals surface area contributed by atoms with E-state index < -0.39 is 0 Å². The first-order valence-corrected chi connectivity index (χ1v) is 6.69. The van der Waals surface area contributed by atoms with E-state index in [1.54, 1.807) is 35.1 Å². The Balaban J connectivity index is 2.02. The zero-order valence-corrected chi connectivity index (χ0v) is 9.83. The lowest BCUT2D eigenvalue weighted by Gasteiger charge is -1.86. The molecule has 3 aromatic heterocycles. The number of hydrogen-bond acceptors (Lipinski definition) is 6. The Bertz CT molecular complexity index is 490. The molecule has 73 valence electrons. The molecule has 0 unspecified atom stereocenters. The first-order valence-electron chi connectivity index (χ1n) is 4.12. The molecule has 15 heavy (non-hydrogen) atoms. The smallest absolute Gasteiger partial charge is 0.153 e. The highest BCUT2D eigenvalue weighted by Crippen LogP contribution is 2.29. The van der Waals surface area contributed by atoms with Crippen molar-refractivity contribution in [2.24, 2.45) is 0 Å². The lowest BCUT2D eigenvalue weighted by Crippen LogP contribution is -1.76. The number of nitrogens with zero attached hydrogens (tertiary/aromatic N) is 3. The van der Waals surface area contributed by atoms with Crippen molar-refractivity contribution < 1.29 is 0 Å². The number of rotatable bonds is 2. The van der Waals surface area contributed by atoms with E-state index >= 15 is 0 Å². The van der Waals surface area contributed by atoms with Crippen molar-refractivity contribution in [3.05, 3.63) is 28.5 Å². The second kappa shape index (κ2) is 3.80. The summed E-state index contributed by atoms with van der Waals surface area (Å²) in [6.07, 6.45) is 3.56. The first-order chi connectivity index (χ1) is 7.43. The largest absolute Gasteiger partial charge is 0.243 e. The molecule has 0 aliphatic carbocycles. The van der Waals surface area contributed by atoms with Crippen molar-refractivity contribution in [3.63, 3.8) is 0 Å². The van der Waals surface area contributed by atoms with Gasteiger partial charge in [-0.15, -0.1) is 34.0 Å². The van der Waals surface area contributed by atoms with Gasteiger partial charge in [0.15, 0.2) is 10.0 Å². The van der Waals surface area contributed by atoms with Gasteiger partial charge in [-0.1, -0.05) is 0 Å². The van der Waals surface area contributed by atoms with Crippen LogP contribution in [0.1, 0.15) is 0 Å². The second-order valence-corrected chi connectivity index (χ2v) is 5.23. The number of aromatic nitrogens is 3. The highest BCUT2D eigenvalue weighted by atomic mass is 32.1. The van der Waals surface area contributed by atoms with Gasteiger partial charge >= 0.3 is 0 Å². The van der Waals surface area contributed by atoms with E-state index in [-0.39, 0.29) is 0 Å². The summed E-state index contributed by atoms with van der Waals surface area (Å²) < 4.78 is 0. The summed E-state index contributed by atoms with van der Waals surface area (Å²) >= 11 is 4.64. The first kappa shape index (κ1) is 9.14. The fraction of sp³-hybridized carbons (Fsp3) is 0. The summed E-state index contributed by atoms with van der Waals surface area (Å²) in [6, 6.07) is 0. The van der Waals surface area contributed by atoms with Crippen molar-refractivity contribution in [1.82, 2.24) is 15.0 Å². The fourth-order valence-electron chi connectivity index (χ4n) is 1.10. The third kappa shape index (κ3) is 1.71. The van der Waals surface area contributed by atoms with Crippen LogP contribution in [0.5, 0.6) is 0 Å². The normalized spacial score (nSPS) is 10.7. The molecule has 0 fully saturated rings. The minimum atomic E-state index is 0.820. The van der Waals surface area contributed by atoms with Crippen molar-refractivity contribution in [1.29, 1.82) is 0 Å². The Morgan fingerprint density at radius 1 is 0.933 bits per heavy atom. The van der Waals surface area contributed by atoms with Gasteiger partial charge in [0, 0.05) is 23.2 Å². The van der Waals surface area contributed by atoms with Crippen LogP contribution in [0.25, 0.3) is 20.7 Å². The maximum absolute atomic E-state index is 4.45. The molecule has 0 aliphatic heterocycles. The Kier molecular flexibility index (Phi) is 2.32. The average molecular weight is 250 g/mol. The molecule has 0 saturated carbocycles. The van der Waals surface area contributed by atoms with E-state index in [1.807, 2.05) is 10.8 Å². The van der Waals surface area contributed by atoms with E-state index in [0.29, 0.717) is 0 Å². The van der Waals surface area contributed by atoms with Crippen LogP contribution in [-0.4, -0.2) is 15.0 Å². The molecule has 6 heteroatoms. The van der Waals surface area contributed by atoms with Gasteiger partial charge in [0.05, 0.1) is 5.38 Å². The number of hydrogen-bond donors (Lipinski definition) is 0. The van der Waals surface area contributed by atoms with Gasteiger partial charge in [0.1, 0.15) is 10.7 Å². The van der Waals surface area contributed by atoms with Gasteiger partial charge in [-0.3, -0.25) is 0 Å². The van der Waals surface area contributed by atoms with Gasteiger partial charge in [0.2, 0.25) is 0 Å². The molecule has 3 aromatic rings. The molecule has 0 saturated heterocycles. The molecule has 0 spiro atoms. The number of thiazole rings is 3. The van der Waals surface area contributed by atoms with Crippen molar-refractivity contribution >= 4 is 34.0 Å². The van der Waals surface area contributed by atoms with Crippen LogP contribution in [0.3, 0.4) is 0 Å². The summed E-state index contributed by atoms with van der Waals surface area (Å²) in [6.45, 7) is 0. The van der Waals surface area contributed by atoms with Gasteiger partial charge in [-0.2, -0.15) is 0 Å². The van der Waals surface area contributed by atoms with Gasteiger partial charge in [-0.25, -0.2) is 15.0 Å². The zero-order chi connectivity index (χ0) is 10.1. The lowest BCUT2D eigenvalue weighted by molar-refractivity contribution is 1.32. The van der Waals surface area contributed by atoms with E-state index in [4.69, 9.17) is 0 Å². The summed E-state index contributed by atoms with van der Waals surface area (Å²) in [5.41, 5.74) is 0.820. The van der Waals surface area contributed by atoms with E-state index in [1.165, 1.54) is 11.3 Å². The van der Waals surface area contributed by atoms with Crippen molar-refractivity contribution in [2.45, 2.75) is 0 Å². The van der Waals surface area contributed by atoms with Crippen LogP contribution in [0.15, 0.2) is 23.2 Å². The molecule has 3 nitrogen and oxygen atoms in total. The summed E-state index contributed by atoms with van der Waals surface area (Å²) in [4.78, 5) is 12.9. The topological polar surface area (TPSA) is 38.7 Å². The monoisotopic (exact) mass is 250 g/mol. The average Bonchev–Trinajstić information content (AvgIpc) is 3.02. The van der Waals surface area contributed by atoms with Crippen LogP contribution in [0.4, 0.5) is 0 Å². The van der Waals surface area contributed by atoms with Crippen LogP contribution < -0.4 is 0 Å². The molecule has 0 bridgehead atoms. The zero-order valence-electron chi connectivity index (χ0n) is 7.38. The Morgan fingerprint density at radius 3 is 2.33 bits per heavy atom. The molecule has 0 N–H and O–H groups in total. The summed E-state index contributed by atoms with van der Waals surface area (Å²) in [5, 5.41) is 9.79. The van der Waals surface area contributed by atoms with E-state index in [2.05, 4.69) is 20.3 Å². The third-order valence-electron chi connectivity index (χ3n) is 1.71. The van der Waals surface area contributed by atoms with E-state index in [9.17, 15) is 0 Å². The maximum atomic E-state index is 4.45. The minimum Gasteiger partial charge on any atom is -0.243 e. The highest BCUT2D eigenvalue weighted by molar-refractivity contribution is 7.20. The van der Waals surface area contributed by atoms with Crippen LogP contribution >= 0.6 is 34.0 Å². The SMILES string of the molecule is [c]1sc(-c2nccs2)nc1-c1nccs1. The molecule has 0 atom stereocenters. The quantitative estimate of drug-likeness (QED) is 0.701. The predicted molar refractivity (Wildman–Crippen MR) is 63.2 cm³/mol. The standard InChI is InChI=1S/C9H4N3S3/c1-3-13-7(10-1)6-5-15-9(12-6)8-11-2-4-14-8/h1-4H. The molecule has 3 rings (SSSR count). The molecule has 3 heterocycles. The molecule has 0 aliphatic rings. The van der Waals surface area contributed by atoms with Crippen LogP contribution in [0, 0.1) is 5.38 Å². The Morgan fingerprint density at radius 2 is 1.67 bits per heavy atom. The second-order valence-electron chi connectivity index (χ2n) is 2.64. The molecular formula is C9H4N3S3. The lowest BCUT2D eigenvalue weighted by atomic mass is 10.5. The van der Waals surface area contributed by atoms with Crippen molar-refractivity contribution in [3.8, 4) is 20.7 Å². The Hall–Kier alpha value is -1.11. The third-order valence-corrected chi connectivity index (χ3v) is 4.17. The van der Waals surface area contributed by atoms with Crippen LogP contribution in [-0.2, 0) is 0 Å². The molecular weight excluding hydrogens is 246 g/mol. The van der Waals surface area contributed by atoms with Gasteiger partial charge in [-0.05, 0) is 0 Å². The van der Waals surface area contributed by atoms with Crippen LogP contribution in [0.2, 0.25) is 0 Å². The summed E-state index contributed by atoms with van der Waals surface area (Å²) in [7, 11) is 0. The Labute approximate surface area is 98.1 Å². The maximum Gasteiger partial charge on any atom is 0.153 e. The van der Waals surface area contributed by atoms with Crippen molar-refractivity contribution in [2.75, 3.05) is 0 Å². The van der Waals surface area contributed by atoms with E-state index in [0.717, 1.165) is 20.7 Å². The molecule has 1 radical (unpaired) electrons. The minimum absolute atomic E-state index is 0.820. The molecule has 0 amide bonds.